The molecular formula is C16H14ClF3O4S. The molecule has 0 saturated heterocycles. The van der Waals surface area contributed by atoms with Gasteiger partial charge in [-0.3, -0.25) is 0 Å². The second-order valence-electron chi connectivity index (χ2n) is 5.30. The van der Waals surface area contributed by atoms with Gasteiger partial charge in [0, 0.05) is 29.7 Å². The van der Waals surface area contributed by atoms with Gasteiger partial charge in [0.05, 0.1) is 4.90 Å². The Morgan fingerprint density at radius 2 is 1.44 bits per heavy atom. The molecule has 0 aliphatic heterocycles. The van der Waals surface area contributed by atoms with Crippen molar-refractivity contribution < 1.29 is 31.8 Å². The third-order valence-electron chi connectivity index (χ3n) is 3.74. The molecule has 1 unspecified atom stereocenters. The minimum Gasteiger partial charge on any atom is -0.396 e. The summed E-state index contributed by atoms with van der Waals surface area (Å²) in [7, 11) is -4.48. The molecule has 0 fully saturated rings. The van der Waals surface area contributed by atoms with Crippen molar-refractivity contribution in [3.05, 3.63) is 64.4 Å². The number of halogens is 4. The van der Waals surface area contributed by atoms with Crippen LogP contribution in [0.3, 0.4) is 0 Å². The Labute approximate surface area is 147 Å². The number of hydrogen-bond donors (Lipinski definition) is 2. The highest BCUT2D eigenvalue weighted by Gasteiger charge is 2.40. The summed E-state index contributed by atoms with van der Waals surface area (Å²) in [5.74, 6) is -5.89. The molecule has 0 saturated carbocycles. The maximum Gasteiger partial charge on any atom is 0.186 e. The number of sulfone groups is 1. The number of hydrogen-bond acceptors (Lipinski definition) is 4. The molecule has 0 amide bonds. The first-order chi connectivity index (χ1) is 11.7. The molecule has 2 aromatic rings. The lowest BCUT2D eigenvalue weighted by Gasteiger charge is -2.25. The fourth-order valence-corrected chi connectivity index (χ4v) is 4.61. The van der Waals surface area contributed by atoms with Crippen molar-refractivity contribution >= 4 is 21.4 Å². The molecule has 0 aromatic heterocycles. The van der Waals surface area contributed by atoms with Gasteiger partial charge < -0.3 is 10.2 Å². The van der Waals surface area contributed by atoms with Crippen LogP contribution in [0.2, 0.25) is 5.02 Å². The minimum absolute atomic E-state index is 0.236. The molecule has 1 atom stereocenters. The van der Waals surface area contributed by atoms with Crippen molar-refractivity contribution in [2.24, 2.45) is 5.92 Å². The number of benzene rings is 2. The molecule has 4 nitrogen and oxygen atoms in total. The monoisotopic (exact) mass is 394 g/mol. The van der Waals surface area contributed by atoms with Crippen molar-refractivity contribution in [2.45, 2.75) is 10.1 Å². The van der Waals surface area contributed by atoms with Crippen molar-refractivity contribution in [1.82, 2.24) is 0 Å². The van der Waals surface area contributed by atoms with Gasteiger partial charge in [0.25, 0.3) is 0 Å². The van der Waals surface area contributed by atoms with Gasteiger partial charge in [0.2, 0.25) is 0 Å². The lowest BCUT2D eigenvalue weighted by Crippen LogP contribution is -2.29. The topological polar surface area (TPSA) is 74.6 Å². The van der Waals surface area contributed by atoms with E-state index < -0.39 is 57.2 Å². The van der Waals surface area contributed by atoms with E-state index in [0.29, 0.717) is 12.1 Å². The molecule has 0 radical (unpaired) electrons. The fourth-order valence-electron chi connectivity index (χ4n) is 2.47. The molecule has 25 heavy (non-hydrogen) atoms. The molecule has 0 aliphatic carbocycles. The predicted octanol–water partition coefficient (Wildman–Crippen LogP) is 2.87. The smallest absolute Gasteiger partial charge is 0.186 e. The lowest BCUT2D eigenvalue weighted by molar-refractivity contribution is 0.144. The lowest BCUT2D eigenvalue weighted by atomic mass is 9.99. The highest BCUT2D eigenvalue weighted by molar-refractivity contribution is 7.91. The first-order valence-corrected chi connectivity index (χ1v) is 9.01. The van der Waals surface area contributed by atoms with E-state index in [1.807, 2.05) is 0 Å². The molecule has 2 aromatic carbocycles. The zero-order valence-electron chi connectivity index (χ0n) is 12.7. The van der Waals surface area contributed by atoms with E-state index in [9.17, 15) is 31.8 Å². The van der Waals surface area contributed by atoms with Gasteiger partial charge in [-0.25, -0.2) is 21.6 Å². The van der Waals surface area contributed by atoms with Crippen LogP contribution >= 0.6 is 11.6 Å². The van der Waals surface area contributed by atoms with Gasteiger partial charge in [0.1, 0.15) is 11.1 Å². The second-order valence-corrected chi connectivity index (χ2v) is 7.81. The second kappa shape index (κ2) is 7.74. The van der Waals surface area contributed by atoms with Crippen LogP contribution in [0.1, 0.15) is 10.8 Å². The van der Waals surface area contributed by atoms with Crippen LogP contribution in [0.25, 0.3) is 0 Å². The highest BCUT2D eigenvalue weighted by Crippen LogP contribution is 2.38. The van der Waals surface area contributed by atoms with Crippen LogP contribution in [0.4, 0.5) is 13.2 Å². The Bertz CT molecular complexity index is 852. The van der Waals surface area contributed by atoms with Gasteiger partial charge in [-0.15, -0.1) is 0 Å². The van der Waals surface area contributed by atoms with Crippen LogP contribution in [-0.2, 0) is 9.84 Å². The van der Waals surface area contributed by atoms with Gasteiger partial charge in [-0.05, 0) is 36.4 Å². The molecule has 2 rings (SSSR count). The Hall–Kier alpha value is -1.61. The highest BCUT2D eigenvalue weighted by atomic mass is 35.5. The Morgan fingerprint density at radius 1 is 0.920 bits per heavy atom. The first kappa shape index (κ1) is 19.7. The van der Waals surface area contributed by atoms with Crippen LogP contribution in [0, 0.1) is 23.4 Å². The summed E-state index contributed by atoms with van der Waals surface area (Å²) in [5, 5.41) is 17.0. The third kappa shape index (κ3) is 3.82. The Balaban J connectivity index is 2.74. The van der Waals surface area contributed by atoms with Crippen LogP contribution in [-0.4, -0.2) is 31.8 Å². The summed E-state index contributed by atoms with van der Waals surface area (Å²) in [6, 6.07) is 5.86. The molecule has 9 heteroatoms. The van der Waals surface area contributed by atoms with Crippen LogP contribution in [0.15, 0.2) is 41.3 Å². The van der Waals surface area contributed by atoms with Crippen molar-refractivity contribution in [3.8, 4) is 0 Å². The summed E-state index contributed by atoms with van der Waals surface area (Å²) in [5.41, 5.74) is -1.07. The molecule has 2 N–H and O–H groups in total. The maximum atomic E-state index is 14.2. The summed E-state index contributed by atoms with van der Waals surface area (Å²) >= 11 is 5.70. The largest absolute Gasteiger partial charge is 0.396 e. The summed E-state index contributed by atoms with van der Waals surface area (Å²) in [6.45, 7) is -1.77. The van der Waals surface area contributed by atoms with E-state index in [1.54, 1.807) is 0 Å². The number of aliphatic hydroxyl groups is 2. The normalized spacial score (nSPS) is 13.2. The van der Waals surface area contributed by atoms with Gasteiger partial charge in [0.15, 0.2) is 21.5 Å². The van der Waals surface area contributed by atoms with Crippen molar-refractivity contribution in [1.29, 1.82) is 0 Å². The van der Waals surface area contributed by atoms with Gasteiger partial charge in [-0.2, -0.15) is 0 Å². The molecule has 136 valence electrons. The number of rotatable bonds is 6. The Kier molecular flexibility index (Phi) is 6.10. The van der Waals surface area contributed by atoms with E-state index >= 15 is 0 Å². The summed E-state index contributed by atoms with van der Waals surface area (Å²) in [6.07, 6.45) is 0. The average Bonchev–Trinajstić information content (AvgIpc) is 2.58. The summed E-state index contributed by atoms with van der Waals surface area (Å²) < 4.78 is 67.7. The summed E-state index contributed by atoms with van der Waals surface area (Å²) in [4.78, 5) is -0.336. The van der Waals surface area contributed by atoms with E-state index in [-0.39, 0.29) is 9.92 Å². The van der Waals surface area contributed by atoms with Gasteiger partial charge >= 0.3 is 0 Å². The number of aliphatic hydroxyl groups excluding tert-OH is 2. The first-order valence-electron chi connectivity index (χ1n) is 7.08. The zero-order chi connectivity index (χ0) is 18.8. The van der Waals surface area contributed by atoms with Gasteiger partial charge in [-0.1, -0.05) is 11.6 Å². The fraction of sp³-hybridized carbons (Fsp3) is 0.250. The van der Waals surface area contributed by atoms with Crippen LogP contribution in [0.5, 0.6) is 0 Å². The molecule has 0 bridgehead atoms. The van der Waals surface area contributed by atoms with E-state index in [0.717, 1.165) is 12.1 Å². The quantitative estimate of drug-likeness (QED) is 0.739. The maximum absolute atomic E-state index is 14.2. The van der Waals surface area contributed by atoms with E-state index in [1.165, 1.54) is 12.1 Å². The minimum atomic E-state index is -4.48. The average molecular weight is 395 g/mol. The van der Waals surface area contributed by atoms with E-state index in [4.69, 9.17) is 11.6 Å². The third-order valence-corrected chi connectivity index (χ3v) is 6.21. The standard InChI is InChI=1S/C16H14ClF3O4S/c17-10-1-3-11(4-2-10)25(23,24)16(9(7-21)8-22)14-12(18)5-6-13(19)15(14)20/h1-6,9,16,21-22H,7-8H2. The van der Waals surface area contributed by atoms with Crippen molar-refractivity contribution in [3.63, 3.8) is 0 Å². The molecule has 0 aliphatic rings. The zero-order valence-corrected chi connectivity index (χ0v) is 14.2. The molecule has 0 heterocycles. The predicted molar refractivity (Wildman–Crippen MR) is 85.4 cm³/mol. The molecule has 0 spiro atoms. The Morgan fingerprint density at radius 3 is 1.96 bits per heavy atom. The van der Waals surface area contributed by atoms with Crippen molar-refractivity contribution in [2.75, 3.05) is 13.2 Å². The van der Waals surface area contributed by atoms with E-state index in [2.05, 4.69) is 0 Å². The SMILES string of the molecule is O=S(=O)(c1ccc(Cl)cc1)C(c1c(F)ccc(F)c1F)C(CO)CO. The molecular weight excluding hydrogens is 381 g/mol. The van der Waals surface area contributed by atoms with Crippen LogP contribution < -0.4 is 0 Å².